The Kier molecular flexibility index (Phi) is 7.87. The number of para-hydroxylation sites is 1. The number of nitrogens with one attached hydrogen (secondary N) is 1. The summed E-state index contributed by atoms with van der Waals surface area (Å²) in [6, 6.07) is 16.8. The fraction of sp³-hybridized carbons (Fsp3) is 0.364. The first kappa shape index (κ1) is 21.3. The first-order valence-corrected chi connectivity index (χ1v) is 9.18. The van der Waals surface area contributed by atoms with Crippen LogP contribution in [0.4, 0.5) is 0 Å². The number of ether oxygens (including phenoxy) is 3. The fourth-order valence-corrected chi connectivity index (χ4v) is 2.31. The molecule has 0 bridgehead atoms. The minimum atomic E-state index is -0.603. The summed E-state index contributed by atoms with van der Waals surface area (Å²) in [7, 11) is 0. The molecule has 1 amide bonds. The Morgan fingerprint density at radius 2 is 1.50 bits per heavy atom. The largest absolute Gasteiger partial charge is 0.492 e. The van der Waals surface area contributed by atoms with E-state index in [1.165, 1.54) is 5.56 Å². The van der Waals surface area contributed by atoms with Gasteiger partial charge in [-0.15, -0.1) is 0 Å². The maximum atomic E-state index is 11.7. The molecule has 6 nitrogen and oxygen atoms in total. The second kappa shape index (κ2) is 10.3. The number of hydrogen-bond acceptors (Lipinski definition) is 5. The van der Waals surface area contributed by atoms with E-state index in [0.29, 0.717) is 18.9 Å². The van der Waals surface area contributed by atoms with Crippen LogP contribution in [-0.2, 0) is 19.7 Å². The van der Waals surface area contributed by atoms with E-state index in [2.05, 4.69) is 26.1 Å². The number of amides is 1. The summed E-state index contributed by atoms with van der Waals surface area (Å²) in [6.45, 7) is 6.50. The number of rotatable bonds is 9. The number of benzene rings is 2. The second-order valence-electron chi connectivity index (χ2n) is 7.24. The van der Waals surface area contributed by atoms with Crippen molar-refractivity contribution in [2.24, 2.45) is 0 Å². The van der Waals surface area contributed by atoms with Gasteiger partial charge < -0.3 is 19.5 Å². The molecular formula is C22H27NO5. The van der Waals surface area contributed by atoms with Gasteiger partial charge in [-0.3, -0.25) is 4.79 Å². The van der Waals surface area contributed by atoms with Crippen LogP contribution in [0.25, 0.3) is 0 Å². The molecule has 1 N–H and O–H groups in total. The van der Waals surface area contributed by atoms with Crippen molar-refractivity contribution in [2.75, 3.05) is 26.4 Å². The Bertz CT molecular complexity index is 751. The molecule has 6 heteroatoms. The van der Waals surface area contributed by atoms with Crippen LogP contribution in [0, 0.1) is 0 Å². The van der Waals surface area contributed by atoms with Gasteiger partial charge in [0, 0.05) is 0 Å². The SMILES string of the molecule is CC(C)(C)c1ccc(OCCNC(=O)COC(=O)COc2ccccc2)cc1. The van der Waals surface area contributed by atoms with E-state index in [-0.39, 0.29) is 24.5 Å². The molecule has 0 spiro atoms. The van der Waals surface area contributed by atoms with Crippen molar-refractivity contribution in [3.05, 3.63) is 60.2 Å². The molecule has 2 aromatic rings. The van der Waals surface area contributed by atoms with Gasteiger partial charge in [0.2, 0.25) is 0 Å². The van der Waals surface area contributed by atoms with Crippen LogP contribution in [0.3, 0.4) is 0 Å². The summed E-state index contributed by atoms with van der Waals surface area (Å²) in [5, 5.41) is 2.64. The molecule has 0 heterocycles. The molecule has 0 fully saturated rings. The van der Waals surface area contributed by atoms with Gasteiger partial charge in [0.25, 0.3) is 5.91 Å². The molecule has 0 aromatic heterocycles. The van der Waals surface area contributed by atoms with Crippen molar-refractivity contribution < 1.29 is 23.8 Å². The van der Waals surface area contributed by atoms with Crippen LogP contribution in [-0.4, -0.2) is 38.2 Å². The van der Waals surface area contributed by atoms with E-state index < -0.39 is 5.97 Å². The molecule has 0 unspecified atom stereocenters. The summed E-state index contributed by atoms with van der Waals surface area (Å²) >= 11 is 0. The minimum Gasteiger partial charge on any atom is -0.492 e. The Labute approximate surface area is 165 Å². The van der Waals surface area contributed by atoms with Crippen molar-refractivity contribution in [2.45, 2.75) is 26.2 Å². The van der Waals surface area contributed by atoms with Gasteiger partial charge in [-0.05, 0) is 35.2 Å². The van der Waals surface area contributed by atoms with Gasteiger partial charge in [0.15, 0.2) is 13.2 Å². The lowest BCUT2D eigenvalue weighted by Gasteiger charge is -2.19. The van der Waals surface area contributed by atoms with Crippen molar-refractivity contribution in [3.8, 4) is 11.5 Å². The molecule has 0 radical (unpaired) electrons. The highest BCUT2D eigenvalue weighted by Crippen LogP contribution is 2.24. The van der Waals surface area contributed by atoms with Gasteiger partial charge in [-0.1, -0.05) is 51.1 Å². The summed E-state index contributed by atoms with van der Waals surface area (Å²) in [5.74, 6) is 0.317. The lowest BCUT2D eigenvalue weighted by molar-refractivity contribution is -0.150. The van der Waals surface area contributed by atoms with Crippen LogP contribution in [0.5, 0.6) is 11.5 Å². The third kappa shape index (κ3) is 7.70. The zero-order valence-corrected chi connectivity index (χ0v) is 16.6. The molecule has 0 saturated carbocycles. The molecule has 2 aromatic carbocycles. The normalized spacial score (nSPS) is 10.8. The van der Waals surface area contributed by atoms with E-state index in [0.717, 1.165) is 5.75 Å². The molecule has 0 aliphatic heterocycles. The van der Waals surface area contributed by atoms with Gasteiger partial charge in [0.1, 0.15) is 18.1 Å². The standard InChI is InChI=1S/C22H27NO5/c1-22(2,3)17-9-11-19(12-10-17)26-14-13-23-20(24)15-28-21(25)16-27-18-7-5-4-6-8-18/h4-12H,13-16H2,1-3H3,(H,23,24). The number of carbonyl (C=O) groups excluding carboxylic acids is 2. The number of hydrogen-bond donors (Lipinski definition) is 1. The van der Waals surface area contributed by atoms with E-state index in [9.17, 15) is 9.59 Å². The molecule has 0 saturated heterocycles. The van der Waals surface area contributed by atoms with E-state index in [1.54, 1.807) is 24.3 Å². The van der Waals surface area contributed by atoms with Crippen LogP contribution in [0.15, 0.2) is 54.6 Å². The second-order valence-corrected chi connectivity index (χ2v) is 7.24. The molecule has 150 valence electrons. The first-order chi connectivity index (χ1) is 13.3. The molecule has 0 atom stereocenters. The van der Waals surface area contributed by atoms with E-state index in [1.807, 2.05) is 30.3 Å². The highest BCUT2D eigenvalue weighted by molar-refractivity contribution is 5.80. The summed E-state index contributed by atoms with van der Waals surface area (Å²) in [6.07, 6.45) is 0. The average molecular weight is 385 g/mol. The van der Waals surface area contributed by atoms with Crippen molar-refractivity contribution in [3.63, 3.8) is 0 Å². The Morgan fingerprint density at radius 1 is 0.857 bits per heavy atom. The predicted octanol–water partition coefficient (Wildman–Crippen LogP) is 3.10. The Hall–Kier alpha value is -3.02. The molecule has 2 rings (SSSR count). The van der Waals surface area contributed by atoms with Crippen LogP contribution in [0.2, 0.25) is 0 Å². The van der Waals surface area contributed by atoms with Gasteiger partial charge in [-0.25, -0.2) is 4.79 Å². The number of carbonyl (C=O) groups is 2. The highest BCUT2D eigenvalue weighted by Gasteiger charge is 2.13. The van der Waals surface area contributed by atoms with Crippen LogP contribution in [0.1, 0.15) is 26.3 Å². The monoisotopic (exact) mass is 385 g/mol. The fourth-order valence-electron chi connectivity index (χ4n) is 2.31. The van der Waals surface area contributed by atoms with Crippen molar-refractivity contribution >= 4 is 11.9 Å². The third-order valence-corrected chi connectivity index (χ3v) is 3.88. The summed E-state index contributed by atoms with van der Waals surface area (Å²) < 4.78 is 15.7. The average Bonchev–Trinajstić information content (AvgIpc) is 2.68. The van der Waals surface area contributed by atoms with E-state index >= 15 is 0 Å². The van der Waals surface area contributed by atoms with Crippen LogP contribution < -0.4 is 14.8 Å². The molecular weight excluding hydrogens is 358 g/mol. The maximum absolute atomic E-state index is 11.7. The third-order valence-electron chi connectivity index (χ3n) is 3.88. The minimum absolute atomic E-state index is 0.0933. The predicted molar refractivity (Wildman–Crippen MR) is 107 cm³/mol. The quantitative estimate of drug-likeness (QED) is 0.530. The first-order valence-electron chi connectivity index (χ1n) is 9.18. The van der Waals surface area contributed by atoms with Crippen molar-refractivity contribution in [1.82, 2.24) is 5.32 Å². The zero-order valence-electron chi connectivity index (χ0n) is 16.6. The molecule has 28 heavy (non-hydrogen) atoms. The number of esters is 1. The van der Waals surface area contributed by atoms with Crippen molar-refractivity contribution in [1.29, 1.82) is 0 Å². The molecule has 0 aliphatic carbocycles. The topological polar surface area (TPSA) is 73.9 Å². The highest BCUT2D eigenvalue weighted by atomic mass is 16.6. The zero-order chi connectivity index (χ0) is 20.4. The van der Waals surface area contributed by atoms with Gasteiger partial charge >= 0.3 is 5.97 Å². The van der Waals surface area contributed by atoms with Gasteiger partial charge in [-0.2, -0.15) is 0 Å². The summed E-state index contributed by atoms with van der Waals surface area (Å²) in [4.78, 5) is 23.3. The smallest absolute Gasteiger partial charge is 0.344 e. The lowest BCUT2D eigenvalue weighted by Crippen LogP contribution is -2.32. The van der Waals surface area contributed by atoms with Crippen LogP contribution >= 0.6 is 0 Å². The summed E-state index contributed by atoms with van der Waals surface area (Å²) in [5.41, 5.74) is 1.32. The maximum Gasteiger partial charge on any atom is 0.344 e. The lowest BCUT2D eigenvalue weighted by atomic mass is 9.87. The van der Waals surface area contributed by atoms with Gasteiger partial charge in [0.05, 0.1) is 6.54 Å². The Morgan fingerprint density at radius 3 is 2.14 bits per heavy atom. The van der Waals surface area contributed by atoms with E-state index in [4.69, 9.17) is 14.2 Å². The molecule has 0 aliphatic rings. The Balaban J connectivity index is 1.58.